The molecule has 0 unspecified atom stereocenters. The molecule has 0 aliphatic rings. The summed E-state index contributed by atoms with van der Waals surface area (Å²) in [5, 5.41) is 10.1. The molecule has 0 aromatic heterocycles. The van der Waals surface area contributed by atoms with Gasteiger partial charge in [-0.2, -0.15) is 12.1 Å². The van der Waals surface area contributed by atoms with Gasteiger partial charge in [-0.3, -0.25) is 10.1 Å². The predicted molar refractivity (Wildman–Crippen MR) is 36.3 cm³/mol. The van der Waals surface area contributed by atoms with Crippen molar-refractivity contribution >= 4 is 11.4 Å². The van der Waals surface area contributed by atoms with Crippen molar-refractivity contribution in [2.24, 2.45) is 0 Å². The minimum Gasteiger partial charge on any atom is -0.444 e. The van der Waals surface area contributed by atoms with Crippen LogP contribution in [0.2, 0.25) is 0 Å². The Morgan fingerprint density at radius 2 is 2.27 bits per heavy atom. The number of anilines is 1. The monoisotopic (exact) mass is 176 g/mol. The molecule has 0 heterocycles. The summed E-state index contributed by atoms with van der Waals surface area (Å²) in [7, 11) is 0. The molecule has 1 rings (SSSR count). The van der Waals surface area contributed by atoms with Gasteiger partial charge < -0.3 is 5.73 Å². The van der Waals surface area contributed by atoms with Crippen LogP contribution in [0.15, 0.2) is 18.2 Å². The first-order chi connectivity index (χ1) is 4.72. The number of nitrogens with two attached hydrogens (primary N) is 1. The summed E-state index contributed by atoms with van der Waals surface area (Å²) < 4.78 is 0. The van der Waals surface area contributed by atoms with E-state index in [1.54, 1.807) is 0 Å². The van der Waals surface area contributed by atoms with E-state index in [4.69, 9.17) is 5.73 Å². The number of nitrogen functional groups attached to an aromatic ring is 1. The number of hydrogen-bond donors (Lipinski definition) is 1. The van der Waals surface area contributed by atoms with Gasteiger partial charge in [0.05, 0.1) is 0 Å². The molecule has 0 saturated heterocycles. The molecule has 5 heteroatoms. The van der Waals surface area contributed by atoms with Gasteiger partial charge in [0, 0.05) is 4.92 Å². The largest absolute Gasteiger partial charge is 1.00 e. The molecular formula is C6H5KN2O2. The standard InChI is InChI=1S/C6H5N2O2.K/c7-5-3-1-2-4-6(5)8(9)10;/h2-4H,7H2;/q-1;+1. The Morgan fingerprint density at radius 1 is 1.64 bits per heavy atom. The minimum absolute atomic E-state index is 0. The second-order valence-electron chi connectivity index (χ2n) is 1.74. The Morgan fingerprint density at radius 3 is 2.64 bits per heavy atom. The average molecular weight is 176 g/mol. The van der Waals surface area contributed by atoms with Crippen molar-refractivity contribution in [1.82, 2.24) is 0 Å². The summed E-state index contributed by atoms with van der Waals surface area (Å²) in [4.78, 5) is 9.61. The third-order valence-corrected chi connectivity index (χ3v) is 1.07. The number of nitro groups is 1. The van der Waals surface area contributed by atoms with Crippen molar-refractivity contribution in [2.45, 2.75) is 0 Å². The van der Waals surface area contributed by atoms with Crippen LogP contribution in [0, 0.1) is 16.2 Å². The molecule has 0 spiro atoms. The zero-order valence-electron chi connectivity index (χ0n) is 6.07. The van der Waals surface area contributed by atoms with Crippen LogP contribution < -0.4 is 57.1 Å². The smallest absolute Gasteiger partial charge is 0.444 e. The SMILES string of the molecule is Nc1c[c-]ccc1[N+](=O)[O-].[K+]. The number of rotatable bonds is 1. The normalized spacial score (nSPS) is 8.36. The van der Waals surface area contributed by atoms with Crippen LogP contribution in [0.3, 0.4) is 0 Å². The molecular weight excluding hydrogens is 171 g/mol. The van der Waals surface area contributed by atoms with Gasteiger partial charge in [0.25, 0.3) is 0 Å². The van der Waals surface area contributed by atoms with Gasteiger partial charge in [0.15, 0.2) is 5.69 Å². The number of nitrogens with zero attached hydrogens (tertiary/aromatic N) is 1. The molecule has 0 bridgehead atoms. The van der Waals surface area contributed by atoms with Gasteiger partial charge in [0.2, 0.25) is 0 Å². The molecule has 0 atom stereocenters. The first kappa shape index (κ1) is 11.1. The third kappa shape index (κ3) is 2.88. The Kier molecular flexibility index (Phi) is 4.86. The Labute approximate surface area is 106 Å². The molecule has 0 saturated carbocycles. The fraction of sp³-hybridized carbons (Fsp3) is 0. The maximum atomic E-state index is 10.1. The molecule has 0 aliphatic carbocycles. The zero-order valence-corrected chi connectivity index (χ0v) is 9.20. The summed E-state index contributed by atoms with van der Waals surface area (Å²) in [6.07, 6.45) is 0. The van der Waals surface area contributed by atoms with E-state index in [1.165, 1.54) is 18.2 Å². The summed E-state index contributed by atoms with van der Waals surface area (Å²) >= 11 is 0. The van der Waals surface area contributed by atoms with E-state index in [9.17, 15) is 10.1 Å². The maximum absolute atomic E-state index is 10.1. The van der Waals surface area contributed by atoms with Crippen LogP contribution in [-0.4, -0.2) is 4.92 Å². The van der Waals surface area contributed by atoms with Crippen LogP contribution in [0.25, 0.3) is 0 Å². The number of nitro benzene ring substituents is 1. The first-order valence-corrected chi connectivity index (χ1v) is 2.62. The molecule has 1 aromatic carbocycles. The topological polar surface area (TPSA) is 69.2 Å². The molecule has 11 heavy (non-hydrogen) atoms. The zero-order chi connectivity index (χ0) is 7.56. The van der Waals surface area contributed by atoms with E-state index >= 15 is 0 Å². The summed E-state index contributed by atoms with van der Waals surface area (Å²) in [5.41, 5.74) is 5.32. The molecule has 2 N–H and O–H groups in total. The fourth-order valence-corrected chi connectivity index (χ4v) is 0.601. The van der Waals surface area contributed by atoms with Gasteiger partial charge in [-0.05, 0) is 5.69 Å². The van der Waals surface area contributed by atoms with Crippen LogP contribution in [-0.2, 0) is 0 Å². The molecule has 0 amide bonds. The molecule has 1 aromatic rings. The van der Waals surface area contributed by atoms with Crippen molar-refractivity contribution in [3.8, 4) is 0 Å². The van der Waals surface area contributed by atoms with Crippen molar-refractivity contribution in [3.05, 3.63) is 34.4 Å². The second-order valence-corrected chi connectivity index (χ2v) is 1.74. The minimum atomic E-state index is -0.525. The van der Waals surface area contributed by atoms with E-state index in [-0.39, 0.29) is 62.8 Å². The number of hydrogen-bond acceptors (Lipinski definition) is 3. The van der Waals surface area contributed by atoms with Crippen molar-refractivity contribution in [3.63, 3.8) is 0 Å². The quantitative estimate of drug-likeness (QED) is 0.176. The van der Waals surface area contributed by atoms with E-state index in [0.29, 0.717) is 0 Å². The van der Waals surface area contributed by atoms with Gasteiger partial charge in [-0.15, -0.1) is 6.07 Å². The average Bonchev–Trinajstić information content (AvgIpc) is 1.88. The van der Waals surface area contributed by atoms with E-state index in [0.717, 1.165) is 0 Å². The van der Waals surface area contributed by atoms with Crippen LogP contribution in [0.4, 0.5) is 11.4 Å². The van der Waals surface area contributed by atoms with Gasteiger partial charge in [-0.25, -0.2) is 0 Å². The number of benzene rings is 1. The molecule has 4 nitrogen and oxygen atoms in total. The molecule has 0 fully saturated rings. The van der Waals surface area contributed by atoms with Crippen LogP contribution in [0.5, 0.6) is 0 Å². The first-order valence-electron chi connectivity index (χ1n) is 2.62. The maximum Gasteiger partial charge on any atom is 1.00 e. The van der Waals surface area contributed by atoms with Crippen molar-refractivity contribution < 1.29 is 56.3 Å². The summed E-state index contributed by atoms with van der Waals surface area (Å²) in [5.74, 6) is 0. The van der Waals surface area contributed by atoms with Crippen LogP contribution >= 0.6 is 0 Å². The molecule has 0 aliphatic heterocycles. The van der Waals surface area contributed by atoms with Gasteiger partial charge in [0.1, 0.15) is 0 Å². The van der Waals surface area contributed by atoms with E-state index in [2.05, 4.69) is 6.07 Å². The Hall–Kier alpha value is 0.0564. The van der Waals surface area contributed by atoms with Gasteiger partial charge >= 0.3 is 51.4 Å². The molecule has 0 radical (unpaired) electrons. The van der Waals surface area contributed by atoms with Crippen molar-refractivity contribution in [1.29, 1.82) is 0 Å². The van der Waals surface area contributed by atoms with Crippen LogP contribution in [0.1, 0.15) is 0 Å². The van der Waals surface area contributed by atoms with E-state index in [1.807, 2.05) is 0 Å². The third-order valence-electron chi connectivity index (χ3n) is 1.07. The predicted octanol–water partition coefficient (Wildman–Crippen LogP) is -2.02. The molecule has 52 valence electrons. The van der Waals surface area contributed by atoms with Gasteiger partial charge in [-0.1, -0.05) is 6.07 Å². The fourth-order valence-electron chi connectivity index (χ4n) is 0.601. The summed E-state index contributed by atoms with van der Waals surface area (Å²) in [6.45, 7) is 0. The Balaban J connectivity index is 0.000001000. The summed E-state index contributed by atoms with van der Waals surface area (Å²) in [6, 6.07) is 6.77. The van der Waals surface area contributed by atoms with E-state index < -0.39 is 4.92 Å². The second kappa shape index (κ2) is 4.84. The Bertz CT molecular complexity index is 265. The van der Waals surface area contributed by atoms with Crippen molar-refractivity contribution in [2.75, 3.05) is 5.73 Å².